The molecule has 1 aliphatic rings. The van der Waals surface area contributed by atoms with E-state index in [0.717, 1.165) is 11.3 Å². The van der Waals surface area contributed by atoms with Gasteiger partial charge in [-0.15, -0.1) is 0 Å². The maximum Gasteiger partial charge on any atom is 0.293 e. The first-order chi connectivity index (χ1) is 15.3. The van der Waals surface area contributed by atoms with Crippen molar-refractivity contribution in [1.82, 2.24) is 10.2 Å². The van der Waals surface area contributed by atoms with Gasteiger partial charge in [0.15, 0.2) is 0 Å². The normalized spacial score (nSPS) is 14.6. The number of amides is 2. The lowest BCUT2D eigenvalue weighted by Gasteiger charge is -2.35. The number of carbonyl (C=O) groups excluding carboxylic acids is 2. The van der Waals surface area contributed by atoms with E-state index in [1.54, 1.807) is 17.0 Å². The van der Waals surface area contributed by atoms with Gasteiger partial charge in [0.1, 0.15) is 11.4 Å². The number of piperazine rings is 1. The summed E-state index contributed by atoms with van der Waals surface area (Å²) in [6.07, 6.45) is 0. The summed E-state index contributed by atoms with van der Waals surface area (Å²) in [6.45, 7) is 7.87. The number of rotatable bonds is 7. The summed E-state index contributed by atoms with van der Waals surface area (Å²) in [5.41, 5.74) is 1.45. The highest BCUT2D eigenvalue weighted by Crippen LogP contribution is 2.30. The largest absolute Gasteiger partial charge is 0.494 e. The minimum absolute atomic E-state index is 0.00665. The summed E-state index contributed by atoms with van der Waals surface area (Å²) < 4.78 is 5.43. The second-order valence-electron chi connectivity index (χ2n) is 7.65. The molecule has 0 bridgehead atoms. The van der Waals surface area contributed by atoms with E-state index in [1.165, 1.54) is 13.0 Å². The van der Waals surface area contributed by atoms with Crippen molar-refractivity contribution in [2.45, 2.75) is 26.8 Å². The van der Waals surface area contributed by atoms with Crippen molar-refractivity contribution in [3.05, 3.63) is 63.7 Å². The highest BCUT2D eigenvalue weighted by Gasteiger charge is 2.26. The fraction of sp³-hybridized carbons (Fsp3) is 0.391. The lowest BCUT2D eigenvalue weighted by atomic mass is 10.1. The van der Waals surface area contributed by atoms with E-state index in [4.69, 9.17) is 4.74 Å². The van der Waals surface area contributed by atoms with Crippen LogP contribution in [-0.4, -0.2) is 54.4 Å². The van der Waals surface area contributed by atoms with Crippen LogP contribution in [0.15, 0.2) is 42.5 Å². The Morgan fingerprint density at radius 1 is 1.12 bits per heavy atom. The van der Waals surface area contributed by atoms with E-state index >= 15 is 0 Å². The van der Waals surface area contributed by atoms with Crippen LogP contribution in [0.4, 0.5) is 11.4 Å². The molecule has 2 aromatic rings. The Balaban J connectivity index is 1.72. The standard InChI is InChI=1S/C23H28N4O5/c1-4-32-20-8-5-18(6-9-20)16(2)24-23(29)19-7-10-21(22(15-19)27(30)31)26-13-11-25(12-14-26)17(3)28/h5-10,15-16H,4,11-14H2,1-3H3,(H,24,29)/t16-/m1/s1. The molecule has 0 aliphatic carbocycles. The van der Waals surface area contributed by atoms with Gasteiger partial charge < -0.3 is 19.9 Å². The van der Waals surface area contributed by atoms with E-state index in [1.807, 2.05) is 43.0 Å². The maximum atomic E-state index is 12.8. The molecule has 2 aromatic carbocycles. The highest BCUT2D eigenvalue weighted by molar-refractivity contribution is 5.96. The summed E-state index contributed by atoms with van der Waals surface area (Å²) in [5.74, 6) is 0.361. The predicted molar refractivity (Wildman–Crippen MR) is 121 cm³/mol. The Kier molecular flexibility index (Phi) is 7.29. The Morgan fingerprint density at radius 2 is 1.78 bits per heavy atom. The average Bonchev–Trinajstić information content (AvgIpc) is 2.79. The summed E-state index contributed by atoms with van der Waals surface area (Å²) in [4.78, 5) is 39.1. The van der Waals surface area contributed by atoms with Crippen molar-refractivity contribution in [1.29, 1.82) is 0 Å². The number of benzene rings is 2. The molecule has 0 unspecified atom stereocenters. The van der Waals surface area contributed by atoms with Crippen molar-refractivity contribution >= 4 is 23.2 Å². The molecule has 2 amide bonds. The Morgan fingerprint density at radius 3 is 2.34 bits per heavy atom. The molecule has 0 spiro atoms. The van der Waals surface area contributed by atoms with Crippen molar-refractivity contribution in [3.63, 3.8) is 0 Å². The molecule has 9 heteroatoms. The number of nitrogens with zero attached hydrogens (tertiary/aromatic N) is 3. The first kappa shape index (κ1) is 23.1. The third-order valence-corrected chi connectivity index (χ3v) is 5.54. The first-order valence-electron chi connectivity index (χ1n) is 10.6. The second kappa shape index (κ2) is 10.1. The highest BCUT2D eigenvalue weighted by atomic mass is 16.6. The van der Waals surface area contributed by atoms with Gasteiger partial charge in [0.05, 0.1) is 17.6 Å². The predicted octanol–water partition coefficient (Wildman–Crippen LogP) is 3.15. The van der Waals surface area contributed by atoms with Crippen molar-refractivity contribution in [3.8, 4) is 5.75 Å². The Bertz CT molecular complexity index is 984. The van der Waals surface area contributed by atoms with Gasteiger partial charge in [0, 0.05) is 44.7 Å². The lowest BCUT2D eigenvalue weighted by Crippen LogP contribution is -2.48. The monoisotopic (exact) mass is 440 g/mol. The third kappa shape index (κ3) is 5.35. The molecule has 0 aromatic heterocycles. The molecule has 1 aliphatic heterocycles. The number of ether oxygens (including phenoxy) is 1. The summed E-state index contributed by atoms with van der Waals surface area (Å²) >= 11 is 0. The number of anilines is 1. The molecule has 1 saturated heterocycles. The van der Waals surface area contributed by atoms with E-state index in [0.29, 0.717) is 38.5 Å². The first-order valence-corrected chi connectivity index (χ1v) is 10.6. The number of nitrogens with one attached hydrogen (secondary N) is 1. The molecule has 1 fully saturated rings. The smallest absolute Gasteiger partial charge is 0.293 e. The Labute approximate surface area is 187 Å². The molecule has 3 rings (SSSR count). The van der Waals surface area contributed by atoms with Gasteiger partial charge in [-0.05, 0) is 43.7 Å². The average molecular weight is 441 g/mol. The summed E-state index contributed by atoms with van der Waals surface area (Å²) in [5, 5.41) is 14.6. The zero-order chi connectivity index (χ0) is 23.3. The lowest BCUT2D eigenvalue weighted by molar-refractivity contribution is -0.384. The van der Waals surface area contributed by atoms with Gasteiger partial charge in [-0.1, -0.05) is 12.1 Å². The van der Waals surface area contributed by atoms with Gasteiger partial charge in [-0.3, -0.25) is 19.7 Å². The molecular weight excluding hydrogens is 412 g/mol. The van der Waals surface area contributed by atoms with Crippen molar-refractivity contribution < 1.29 is 19.2 Å². The van der Waals surface area contributed by atoms with Crippen LogP contribution in [0, 0.1) is 10.1 Å². The molecule has 9 nitrogen and oxygen atoms in total. The van der Waals surface area contributed by atoms with Gasteiger partial charge in [-0.2, -0.15) is 0 Å². The number of hydrogen-bond donors (Lipinski definition) is 1. The second-order valence-corrected chi connectivity index (χ2v) is 7.65. The summed E-state index contributed by atoms with van der Waals surface area (Å²) in [7, 11) is 0. The van der Waals surface area contributed by atoms with Crippen molar-refractivity contribution in [2.75, 3.05) is 37.7 Å². The molecular formula is C23H28N4O5. The van der Waals surface area contributed by atoms with Gasteiger partial charge in [-0.25, -0.2) is 0 Å². The summed E-state index contributed by atoms with van der Waals surface area (Å²) in [6, 6.07) is 11.7. The number of hydrogen-bond acceptors (Lipinski definition) is 6. The van der Waals surface area contributed by atoms with E-state index < -0.39 is 4.92 Å². The molecule has 32 heavy (non-hydrogen) atoms. The quantitative estimate of drug-likeness (QED) is 0.524. The van der Waals surface area contributed by atoms with E-state index in [2.05, 4.69) is 5.32 Å². The molecule has 0 radical (unpaired) electrons. The molecule has 1 heterocycles. The van der Waals surface area contributed by atoms with Crippen LogP contribution in [0.3, 0.4) is 0 Å². The van der Waals surface area contributed by atoms with Gasteiger partial charge in [0.2, 0.25) is 5.91 Å². The van der Waals surface area contributed by atoms with Gasteiger partial charge in [0.25, 0.3) is 11.6 Å². The maximum absolute atomic E-state index is 12.8. The van der Waals surface area contributed by atoms with Crippen LogP contribution in [0.25, 0.3) is 0 Å². The number of nitro groups is 1. The fourth-order valence-corrected chi connectivity index (χ4v) is 3.72. The zero-order valence-electron chi connectivity index (χ0n) is 18.5. The SMILES string of the molecule is CCOc1ccc([C@@H](C)NC(=O)c2ccc(N3CCN(C(C)=O)CC3)c([N+](=O)[O-])c2)cc1. The van der Waals surface area contributed by atoms with E-state index in [-0.39, 0.29) is 29.1 Å². The van der Waals surface area contributed by atoms with Crippen LogP contribution in [0.1, 0.15) is 42.7 Å². The van der Waals surface area contributed by atoms with E-state index in [9.17, 15) is 19.7 Å². The zero-order valence-corrected chi connectivity index (χ0v) is 18.5. The fourth-order valence-electron chi connectivity index (χ4n) is 3.72. The van der Waals surface area contributed by atoms with Gasteiger partial charge >= 0.3 is 0 Å². The van der Waals surface area contributed by atoms with Crippen LogP contribution in [0.2, 0.25) is 0 Å². The Hall–Kier alpha value is -3.62. The minimum atomic E-state index is -0.473. The molecule has 0 saturated carbocycles. The molecule has 170 valence electrons. The number of carbonyl (C=O) groups is 2. The van der Waals surface area contributed by atoms with Crippen LogP contribution >= 0.6 is 0 Å². The van der Waals surface area contributed by atoms with Crippen LogP contribution in [0.5, 0.6) is 5.75 Å². The molecule has 1 atom stereocenters. The molecule has 1 N–H and O–H groups in total. The van der Waals surface area contributed by atoms with Crippen LogP contribution in [-0.2, 0) is 4.79 Å². The number of nitro benzene ring substituents is 1. The third-order valence-electron chi connectivity index (χ3n) is 5.54. The minimum Gasteiger partial charge on any atom is -0.494 e. The topological polar surface area (TPSA) is 105 Å². The van der Waals surface area contributed by atoms with Crippen LogP contribution < -0.4 is 15.0 Å². The van der Waals surface area contributed by atoms with Crippen molar-refractivity contribution in [2.24, 2.45) is 0 Å².